The van der Waals surface area contributed by atoms with E-state index in [1.807, 2.05) is 79.7 Å². The molecule has 2 heteroatoms. The van der Waals surface area contributed by atoms with E-state index < -0.39 is 0 Å². The Morgan fingerprint density at radius 3 is 2.36 bits per heavy atom. The maximum absolute atomic E-state index is 12.4. The number of rotatable bonds is 5. The van der Waals surface area contributed by atoms with Crippen LogP contribution in [0.5, 0.6) is 0 Å². The van der Waals surface area contributed by atoms with E-state index in [9.17, 15) is 4.79 Å². The van der Waals surface area contributed by atoms with Crippen molar-refractivity contribution in [3.63, 3.8) is 0 Å². The first-order valence-electron chi connectivity index (χ1n) is 9.26. The summed E-state index contributed by atoms with van der Waals surface area (Å²) in [6.07, 6.45) is 4.69. The lowest BCUT2D eigenvalue weighted by atomic mass is 10.1. The average Bonchev–Trinajstić information content (AvgIpc) is 2.74. The molecule has 0 bridgehead atoms. The van der Waals surface area contributed by atoms with Crippen molar-refractivity contribution in [3.8, 4) is 11.8 Å². The van der Waals surface area contributed by atoms with Crippen LogP contribution in [0.1, 0.15) is 32.6 Å². The van der Waals surface area contributed by atoms with Gasteiger partial charge in [0.15, 0.2) is 0 Å². The first-order chi connectivity index (χ1) is 13.7. The minimum absolute atomic E-state index is 0.241. The van der Waals surface area contributed by atoms with Crippen LogP contribution in [0.25, 0.3) is 0 Å². The zero-order valence-corrected chi connectivity index (χ0v) is 15.9. The number of benzene rings is 3. The van der Waals surface area contributed by atoms with Gasteiger partial charge in [-0.1, -0.05) is 84.2 Å². The van der Waals surface area contributed by atoms with Crippen LogP contribution in [0, 0.1) is 18.8 Å². The Morgan fingerprint density at radius 2 is 1.57 bits per heavy atom. The number of aryl methyl sites for hydroxylation is 1. The second-order valence-electron chi connectivity index (χ2n) is 6.42. The number of carbonyl (C=O) groups is 1. The molecular formula is C26H22O2. The number of ether oxygens (including phenoxy) is 1. The summed E-state index contributed by atoms with van der Waals surface area (Å²) in [5.74, 6) is 5.83. The summed E-state index contributed by atoms with van der Waals surface area (Å²) in [6.45, 7) is 2.28. The number of carbonyl (C=O) groups excluding carboxylic acids is 1. The number of hydrogen-bond donors (Lipinski definition) is 0. The molecule has 0 aliphatic rings. The molecule has 3 aromatic rings. The Bertz CT molecular complexity index is 1000. The number of allylic oxidation sites excluding steroid dienone is 1. The van der Waals surface area contributed by atoms with Gasteiger partial charge in [-0.3, -0.25) is 0 Å². The highest BCUT2D eigenvalue weighted by Crippen LogP contribution is 2.10. The van der Waals surface area contributed by atoms with E-state index in [1.54, 1.807) is 6.07 Å². The molecule has 0 heterocycles. The maximum Gasteiger partial charge on any atom is 0.339 e. The fourth-order valence-corrected chi connectivity index (χ4v) is 2.65. The van der Waals surface area contributed by atoms with Crippen molar-refractivity contribution in [2.75, 3.05) is 6.61 Å². The van der Waals surface area contributed by atoms with E-state index >= 15 is 0 Å². The van der Waals surface area contributed by atoms with Crippen molar-refractivity contribution < 1.29 is 9.53 Å². The van der Waals surface area contributed by atoms with Crippen LogP contribution in [-0.2, 0) is 11.2 Å². The van der Waals surface area contributed by atoms with Crippen LogP contribution in [0.4, 0.5) is 0 Å². The average molecular weight is 366 g/mol. The monoisotopic (exact) mass is 366 g/mol. The second-order valence-corrected chi connectivity index (χ2v) is 6.42. The predicted octanol–water partition coefficient (Wildman–Crippen LogP) is 5.35. The van der Waals surface area contributed by atoms with E-state index in [4.69, 9.17) is 4.74 Å². The Hall–Kier alpha value is -3.57. The minimum atomic E-state index is -0.363. The minimum Gasteiger partial charge on any atom is -0.458 e. The molecule has 3 rings (SSSR count). The Labute approximate surface area is 166 Å². The van der Waals surface area contributed by atoms with Crippen LogP contribution in [0.3, 0.4) is 0 Å². The summed E-state index contributed by atoms with van der Waals surface area (Å²) in [4.78, 5) is 12.4. The van der Waals surface area contributed by atoms with Crippen LogP contribution in [-0.4, -0.2) is 12.6 Å². The third kappa shape index (κ3) is 5.72. The molecule has 0 amide bonds. The van der Waals surface area contributed by atoms with Gasteiger partial charge in [-0.25, -0.2) is 4.79 Å². The van der Waals surface area contributed by atoms with Crippen molar-refractivity contribution in [2.45, 2.75) is 13.3 Å². The van der Waals surface area contributed by atoms with E-state index in [0.717, 1.165) is 12.0 Å². The van der Waals surface area contributed by atoms with Crippen LogP contribution in [0.2, 0.25) is 0 Å². The van der Waals surface area contributed by atoms with Crippen LogP contribution >= 0.6 is 0 Å². The fourth-order valence-electron chi connectivity index (χ4n) is 2.65. The molecule has 0 spiro atoms. The molecule has 2 nitrogen and oxygen atoms in total. The molecule has 0 saturated carbocycles. The predicted molar refractivity (Wildman–Crippen MR) is 113 cm³/mol. The zero-order chi connectivity index (χ0) is 19.6. The highest BCUT2D eigenvalue weighted by Gasteiger charge is 2.10. The Balaban J connectivity index is 1.60. The van der Waals surface area contributed by atoms with Crippen molar-refractivity contribution in [3.05, 3.63) is 119 Å². The van der Waals surface area contributed by atoms with Gasteiger partial charge in [0.2, 0.25) is 0 Å². The van der Waals surface area contributed by atoms with Gasteiger partial charge in [0.25, 0.3) is 0 Å². The second kappa shape index (κ2) is 9.94. The quantitative estimate of drug-likeness (QED) is 0.346. The molecular weight excluding hydrogens is 344 g/mol. The van der Waals surface area contributed by atoms with Crippen molar-refractivity contribution >= 4 is 5.97 Å². The molecule has 28 heavy (non-hydrogen) atoms. The number of hydrogen-bond acceptors (Lipinski definition) is 2. The van der Waals surface area contributed by atoms with Crippen LogP contribution in [0.15, 0.2) is 91.0 Å². The molecule has 0 aliphatic heterocycles. The van der Waals surface area contributed by atoms with Gasteiger partial charge in [0.1, 0.15) is 6.61 Å². The standard InChI is InChI=1S/C26H22O2/c1-21-14-16-23(17-15-21)18-19-24-12-5-6-13-25(24)26(27)28-20-8-7-11-22-9-3-2-4-10-22/h2-10,12-17H,11,20H2,1H3/b8-7+. The van der Waals surface area contributed by atoms with E-state index in [0.29, 0.717) is 11.1 Å². The number of esters is 1. The summed E-state index contributed by atoms with van der Waals surface area (Å²) in [6, 6.07) is 25.4. The lowest BCUT2D eigenvalue weighted by molar-refractivity contribution is 0.0549. The SMILES string of the molecule is Cc1ccc(C#Cc2ccccc2C(=O)OC/C=C/Cc2ccccc2)cc1. The normalized spacial score (nSPS) is 10.3. The van der Waals surface area contributed by atoms with Gasteiger partial charge < -0.3 is 4.74 Å². The van der Waals surface area contributed by atoms with Gasteiger partial charge in [0, 0.05) is 11.1 Å². The van der Waals surface area contributed by atoms with Crippen molar-refractivity contribution in [1.82, 2.24) is 0 Å². The highest BCUT2D eigenvalue weighted by atomic mass is 16.5. The molecule has 0 saturated heterocycles. The summed E-state index contributed by atoms with van der Waals surface area (Å²) >= 11 is 0. The summed E-state index contributed by atoms with van der Waals surface area (Å²) in [7, 11) is 0. The molecule has 0 radical (unpaired) electrons. The molecule has 3 aromatic carbocycles. The lowest BCUT2D eigenvalue weighted by Gasteiger charge is -2.04. The van der Waals surface area contributed by atoms with E-state index in [2.05, 4.69) is 24.0 Å². The maximum atomic E-state index is 12.4. The van der Waals surface area contributed by atoms with Gasteiger partial charge in [0.05, 0.1) is 5.56 Å². The zero-order valence-electron chi connectivity index (χ0n) is 15.9. The van der Waals surface area contributed by atoms with Crippen molar-refractivity contribution in [1.29, 1.82) is 0 Å². The molecule has 0 aliphatic carbocycles. The first kappa shape index (κ1) is 19.2. The fraction of sp³-hybridized carbons (Fsp3) is 0.115. The van der Waals surface area contributed by atoms with Crippen molar-refractivity contribution in [2.24, 2.45) is 0 Å². The summed E-state index contributed by atoms with van der Waals surface area (Å²) < 4.78 is 5.38. The molecule has 0 aromatic heterocycles. The topological polar surface area (TPSA) is 26.3 Å². The lowest BCUT2D eigenvalue weighted by Crippen LogP contribution is -2.07. The largest absolute Gasteiger partial charge is 0.458 e. The van der Waals surface area contributed by atoms with Gasteiger partial charge in [-0.15, -0.1) is 0 Å². The third-order valence-corrected chi connectivity index (χ3v) is 4.21. The Morgan fingerprint density at radius 1 is 0.857 bits per heavy atom. The van der Waals surface area contributed by atoms with Crippen LogP contribution < -0.4 is 0 Å². The smallest absolute Gasteiger partial charge is 0.339 e. The van der Waals surface area contributed by atoms with Gasteiger partial charge in [-0.2, -0.15) is 0 Å². The Kier molecular flexibility index (Phi) is 6.82. The van der Waals surface area contributed by atoms with E-state index in [-0.39, 0.29) is 12.6 Å². The van der Waals surface area contributed by atoms with Gasteiger partial charge in [-0.05, 0) is 43.2 Å². The van der Waals surface area contributed by atoms with E-state index in [1.165, 1.54) is 11.1 Å². The summed E-state index contributed by atoms with van der Waals surface area (Å²) in [5, 5.41) is 0. The first-order valence-corrected chi connectivity index (χ1v) is 9.26. The molecule has 138 valence electrons. The third-order valence-electron chi connectivity index (χ3n) is 4.21. The molecule has 0 fully saturated rings. The van der Waals surface area contributed by atoms with Gasteiger partial charge >= 0.3 is 5.97 Å². The highest BCUT2D eigenvalue weighted by molar-refractivity contribution is 5.92. The molecule has 0 unspecified atom stereocenters. The molecule has 0 atom stereocenters. The summed E-state index contributed by atoms with van der Waals surface area (Å²) in [5.41, 5.74) is 4.48. The molecule has 0 N–H and O–H groups in total.